The summed E-state index contributed by atoms with van der Waals surface area (Å²) in [5.74, 6) is 1.71. The summed E-state index contributed by atoms with van der Waals surface area (Å²) in [6.45, 7) is 3.10. The fourth-order valence-electron chi connectivity index (χ4n) is 1.83. The van der Waals surface area contributed by atoms with Crippen molar-refractivity contribution in [2.75, 3.05) is 31.3 Å². The van der Waals surface area contributed by atoms with Crippen molar-refractivity contribution in [1.29, 1.82) is 0 Å². The Hall–Kier alpha value is -1.56. The molecular weight excluding hydrogens is 232 g/mol. The normalized spacial score (nSPS) is 12.2. The molecule has 0 spiro atoms. The van der Waals surface area contributed by atoms with Gasteiger partial charge in [0.2, 0.25) is 11.8 Å². The molecule has 0 bridgehead atoms. The zero-order chi connectivity index (χ0) is 13.4. The predicted molar refractivity (Wildman–Crippen MR) is 71.6 cm³/mol. The zero-order valence-corrected chi connectivity index (χ0v) is 11.0. The largest absolute Gasteiger partial charge is 0.481 e. The molecule has 6 heteroatoms. The number of ether oxygens (including phenoxy) is 1. The maximum atomic E-state index is 8.99. The van der Waals surface area contributed by atoms with E-state index in [2.05, 4.69) is 22.2 Å². The molecule has 0 aliphatic carbocycles. The molecule has 0 radical (unpaired) electrons. The molecule has 0 aromatic carbocycles. The number of anilines is 2. The highest BCUT2D eigenvalue weighted by atomic mass is 16.5. The molecule has 18 heavy (non-hydrogen) atoms. The summed E-state index contributed by atoms with van der Waals surface area (Å²) in [4.78, 5) is 8.00. The fraction of sp³-hybridized carbons (Fsp3) is 0.667. The minimum Gasteiger partial charge on any atom is -0.481 e. The Kier molecular flexibility index (Phi) is 6.21. The van der Waals surface area contributed by atoms with Gasteiger partial charge in [0.25, 0.3) is 0 Å². The van der Waals surface area contributed by atoms with Gasteiger partial charge in [0.1, 0.15) is 5.82 Å². The average molecular weight is 254 g/mol. The highest BCUT2D eigenvalue weighted by Crippen LogP contribution is 2.16. The highest BCUT2D eigenvalue weighted by Gasteiger charge is 2.08. The standard InChI is InChI=1S/C12H22N4O2/c1-3-4-9(5-6-17)8-14-10-7-11(18-2)16-12(13)15-10/h7,9,17H,3-6,8H2,1-2H3,(H3,13,14,15,16). The van der Waals surface area contributed by atoms with Crippen molar-refractivity contribution in [2.45, 2.75) is 26.2 Å². The molecule has 1 aromatic rings. The molecule has 1 unspecified atom stereocenters. The summed E-state index contributed by atoms with van der Waals surface area (Å²) in [6, 6.07) is 1.71. The second kappa shape index (κ2) is 7.71. The van der Waals surface area contributed by atoms with Crippen LogP contribution >= 0.6 is 0 Å². The highest BCUT2D eigenvalue weighted by molar-refractivity contribution is 5.42. The predicted octanol–water partition coefficient (Wildman–Crippen LogP) is 1.28. The zero-order valence-electron chi connectivity index (χ0n) is 11.0. The van der Waals surface area contributed by atoms with Crippen LogP contribution in [0.1, 0.15) is 26.2 Å². The van der Waals surface area contributed by atoms with Crippen molar-refractivity contribution in [3.05, 3.63) is 6.07 Å². The van der Waals surface area contributed by atoms with E-state index < -0.39 is 0 Å². The van der Waals surface area contributed by atoms with Crippen molar-refractivity contribution < 1.29 is 9.84 Å². The molecule has 1 aromatic heterocycles. The van der Waals surface area contributed by atoms with Gasteiger partial charge in [-0.1, -0.05) is 13.3 Å². The van der Waals surface area contributed by atoms with Crippen LogP contribution in [0.25, 0.3) is 0 Å². The maximum absolute atomic E-state index is 8.99. The van der Waals surface area contributed by atoms with Crippen LogP contribution in [0.2, 0.25) is 0 Å². The lowest BCUT2D eigenvalue weighted by molar-refractivity contribution is 0.255. The van der Waals surface area contributed by atoms with Gasteiger partial charge in [-0.2, -0.15) is 9.97 Å². The summed E-state index contributed by atoms with van der Waals surface area (Å²) in [5, 5.41) is 12.2. The van der Waals surface area contributed by atoms with Crippen LogP contribution in [0.15, 0.2) is 6.07 Å². The van der Waals surface area contributed by atoms with Gasteiger partial charge in [0.05, 0.1) is 7.11 Å². The lowest BCUT2D eigenvalue weighted by Gasteiger charge is -2.16. The summed E-state index contributed by atoms with van der Waals surface area (Å²) < 4.78 is 5.03. The van der Waals surface area contributed by atoms with Crippen LogP contribution in [-0.4, -0.2) is 35.3 Å². The SMILES string of the molecule is CCCC(CCO)CNc1cc(OC)nc(N)n1. The molecule has 4 N–H and O–H groups in total. The quantitative estimate of drug-likeness (QED) is 0.647. The Morgan fingerprint density at radius 2 is 2.22 bits per heavy atom. The average Bonchev–Trinajstić information content (AvgIpc) is 2.36. The molecule has 0 aliphatic heterocycles. The van der Waals surface area contributed by atoms with Crippen LogP contribution in [0.3, 0.4) is 0 Å². The Bertz CT molecular complexity index is 354. The Morgan fingerprint density at radius 3 is 2.83 bits per heavy atom. The first-order valence-corrected chi connectivity index (χ1v) is 6.22. The number of methoxy groups -OCH3 is 1. The number of rotatable bonds is 8. The molecule has 0 saturated heterocycles. The van der Waals surface area contributed by atoms with Crippen LogP contribution in [-0.2, 0) is 0 Å². The van der Waals surface area contributed by atoms with Crippen LogP contribution in [0.4, 0.5) is 11.8 Å². The first-order chi connectivity index (χ1) is 8.69. The number of nitrogens with one attached hydrogen (secondary N) is 1. The molecular formula is C12H22N4O2. The van der Waals surface area contributed by atoms with E-state index in [1.54, 1.807) is 6.07 Å². The summed E-state index contributed by atoms with van der Waals surface area (Å²) >= 11 is 0. The number of aliphatic hydroxyl groups excluding tert-OH is 1. The smallest absolute Gasteiger partial charge is 0.225 e. The molecule has 1 heterocycles. The molecule has 0 amide bonds. The van der Waals surface area contributed by atoms with Gasteiger partial charge in [-0.05, 0) is 18.8 Å². The minimum absolute atomic E-state index is 0.186. The first-order valence-electron chi connectivity index (χ1n) is 6.22. The number of aliphatic hydroxyl groups is 1. The van der Waals surface area contributed by atoms with E-state index in [9.17, 15) is 0 Å². The van der Waals surface area contributed by atoms with Gasteiger partial charge in [-0.15, -0.1) is 0 Å². The van der Waals surface area contributed by atoms with E-state index in [0.717, 1.165) is 25.8 Å². The Labute approximate surface area is 108 Å². The summed E-state index contributed by atoms with van der Waals surface area (Å²) in [5.41, 5.74) is 5.58. The monoisotopic (exact) mass is 254 g/mol. The molecule has 6 nitrogen and oxygen atoms in total. The molecule has 0 aliphatic rings. The van der Waals surface area contributed by atoms with E-state index in [4.69, 9.17) is 15.6 Å². The number of nitrogen functional groups attached to an aromatic ring is 1. The fourth-order valence-corrected chi connectivity index (χ4v) is 1.83. The third kappa shape index (κ3) is 4.75. The minimum atomic E-state index is 0.186. The van der Waals surface area contributed by atoms with Gasteiger partial charge in [-0.25, -0.2) is 0 Å². The van der Waals surface area contributed by atoms with Crippen LogP contribution < -0.4 is 15.8 Å². The third-order valence-electron chi connectivity index (χ3n) is 2.74. The second-order valence-corrected chi connectivity index (χ2v) is 4.20. The topological polar surface area (TPSA) is 93.3 Å². The third-order valence-corrected chi connectivity index (χ3v) is 2.74. The summed E-state index contributed by atoms with van der Waals surface area (Å²) in [6.07, 6.45) is 2.96. The van der Waals surface area contributed by atoms with Gasteiger partial charge in [0.15, 0.2) is 0 Å². The number of aromatic nitrogens is 2. The maximum Gasteiger partial charge on any atom is 0.225 e. The van der Waals surface area contributed by atoms with Gasteiger partial charge in [0, 0.05) is 19.2 Å². The van der Waals surface area contributed by atoms with Crippen molar-refractivity contribution >= 4 is 11.8 Å². The molecule has 1 rings (SSSR count). The van der Waals surface area contributed by atoms with Crippen molar-refractivity contribution in [1.82, 2.24) is 9.97 Å². The molecule has 1 atom stereocenters. The molecule has 0 saturated carbocycles. The van der Waals surface area contributed by atoms with Gasteiger partial charge in [-0.3, -0.25) is 0 Å². The molecule has 102 valence electrons. The number of hydrogen-bond donors (Lipinski definition) is 3. The Balaban J connectivity index is 2.57. The first kappa shape index (κ1) is 14.5. The van der Waals surface area contributed by atoms with Crippen molar-refractivity contribution in [3.63, 3.8) is 0 Å². The number of nitrogens with two attached hydrogens (primary N) is 1. The molecule has 0 fully saturated rings. The van der Waals surface area contributed by atoms with Crippen LogP contribution in [0, 0.1) is 5.92 Å². The summed E-state index contributed by atoms with van der Waals surface area (Å²) in [7, 11) is 1.54. The van der Waals surface area contributed by atoms with Gasteiger partial charge >= 0.3 is 0 Å². The Morgan fingerprint density at radius 1 is 1.44 bits per heavy atom. The lowest BCUT2D eigenvalue weighted by atomic mass is 10.0. The number of nitrogens with zero attached hydrogens (tertiary/aromatic N) is 2. The van der Waals surface area contributed by atoms with E-state index in [-0.39, 0.29) is 12.6 Å². The van der Waals surface area contributed by atoms with E-state index in [1.165, 1.54) is 7.11 Å². The van der Waals surface area contributed by atoms with Crippen LogP contribution in [0.5, 0.6) is 5.88 Å². The van der Waals surface area contributed by atoms with Crippen molar-refractivity contribution in [2.24, 2.45) is 5.92 Å². The number of hydrogen-bond acceptors (Lipinski definition) is 6. The van der Waals surface area contributed by atoms with E-state index in [0.29, 0.717) is 17.6 Å². The second-order valence-electron chi connectivity index (χ2n) is 4.20. The van der Waals surface area contributed by atoms with Gasteiger partial charge < -0.3 is 20.9 Å². The van der Waals surface area contributed by atoms with Crippen molar-refractivity contribution in [3.8, 4) is 5.88 Å². The lowest BCUT2D eigenvalue weighted by Crippen LogP contribution is -2.16. The van der Waals surface area contributed by atoms with E-state index >= 15 is 0 Å². The van der Waals surface area contributed by atoms with E-state index in [1.807, 2.05) is 0 Å².